The minimum absolute atomic E-state index is 0.492. The summed E-state index contributed by atoms with van der Waals surface area (Å²) in [6, 6.07) is 14.2. The first kappa shape index (κ1) is 26.9. The second-order valence-corrected chi connectivity index (χ2v) is 11.4. The Morgan fingerprint density at radius 2 is 1.33 bits per heavy atom. The smallest absolute Gasteiger partial charge is 0.229 e. The average Bonchev–Trinajstić information content (AvgIpc) is 2.72. The zero-order valence-electron chi connectivity index (χ0n) is 19.2. The van der Waals surface area contributed by atoms with E-state index in [1.807, 2.05) is 12.1 Å². The molecule has 0 radical (unpaired) electrons. The first-order chi connectivity index (χ1) is 15.5. The van der Waals surface area contributed by atoms with Crippen molar-refractivity contribution in [3.63, 3.8) is 0 Å². The van der Waals surface area contributed by atoms with Crippen LogP contribution in [0.5, 0.6) is 5.75 Å². The second-order valence-electron chi connectivity index (χ2n) is 7.91. The van der Waals surface area contributed by atoms with Crippen molar-refractivity contribution < 1.29 is 21.6 Å². The van der Waals surface area contributed by atoms with E-state index in [2.05, 4.69) is 14.3 Å². The van der Waals surface area contributed by atoms with Gasteiger partial charge in [-0.2, -0.15) is 0 Å². The molecule has 9 nitrogen and oxygen atoms in total. The summed E-state index contributed by atoms with van der Waals surface area (Å²) < 4.78 is 56.0. The van der Waals surface area contributed by atoms with Gasteiger partial charge in [-0.1, -0.05) is 12.1 Å². The minimum Gasteiger partial charge on any atom is -0.492 e. The molecule has 0 amide bonds. The van der Waals surface area contributed by atoms with E-state index in [1.54, 1.807) is 36.4 Å². The Balaban J connectivity index is 1.85. The maximum atomic E-state index is 11.3. The molecule has 2 rings (SSSR count). The van der Waals surface area contributed by atoms with Crippen molar-refractivity contribution in [2.45, 2.75) is 19.3 Å². The van der Waals surface area contributed by atoms with E-state index in [0.29, 0.717) is 30.3 Å². The third-order valence-electron chi connectivity index (χ3n) is 4.74. The van der Waals surface area contributed by atoms with Crippen LogP contribution in [0.2, 0.25) is 0 Å². The summed E-state index contributed by atoms with van der Waals surface area (Å²) in [5, 5.41) is 0. The number of nitrogens with one attached hydrogen (secondary N) is 2. The third-order valence-corrected chi connectivity index (χ3v) is 5.95. The third kappa shape index (κ3) is 11.9. The van der Waals surface area contributed by atoms with Crippen molar-refractivity contribution in [1.82, 2.24) is 4.90 Å². The van der Waals surface area contributed by atoms with E-state index in [1.165, 1.54) is 0 Å². The van der Waals surface area contributed by atoms with E-state index < -0.39 is 20.0 Å². The fourth-order valence-electron chi connectivity index (χ4n) is 3.18. The molecule has 0 saturated carbocycles. The van der Waals surface area contributed by atoms with Crippen LogP contribution in [-0.4, -0.2) is 67.0 Å². The van der Waals surface area contributed by atoms with Crippen molar-refractivity contribution in [2.75, 3.05) is 54.7 Å². The maximum Gasteiger partial charge on any atom is 0.229 e. The molecule has 0 aliphatic carbocycles. The molecule has 0 heterocycles. The maximum absolute atomic E-state index is 11.3. The van der Waals surface area contributed by atoms with Gasteiger partial charge in [0.15, 0.2) is 0 Å². The quantitative estimate of drug-likeness (QED) is 0.321. The van der Waals surface area contributed by atoms with Crippen molar-refractivity contribution in [3.8, 4) is 5.75 Å². The van der Waals surface area contributed by atoms with Crippen LogP contribution in [0.15, 0.2) is 48.5 Å². The first-order valence-corrected chi connectivity index (χ1v) is 14.5. The molecule has 0 saturated heterocycles. The summed E-state index contributed by atoms with van der Waals surface area (Å²) in [5.74, 6) is 0.671. The monoisotopic (exact) mass is 498 g/mol. The van der Waals surface area contributed by atoms with E-state index in [-0.39, 0.29) is 0 Å². The zero-order chi connectivity index (χ0) is 24.3. The molecule has 0 spiro atoms. The largest absolute Gasteiger partial charge is 0.492 e. The fourth-order valence-corrected chi connectivity index (χ4v) is 4.31. The van der Waals surface area contributed by atoms with Crippen molar-refractivity contribution in [1.29, 1.82) is 0 Å². The van der Waals surface area contributed by atoms with Crippen LogP contribution in [0.4, 0.5) is 11.4 Å². The van der Waals surface area contributed by atoms with Gasteiger partial charge in [0.1, 0.15) is 12.4 Å². The summed E-state index contributed by atoms with van der Waals surface area (Å²) >= 11 is 0. The Hall–Kier alpha value is -2.34. The van der Waals surface area contributed by atoms with Gasteiger partial charge in [-0.15, -0.1) is 0 Å². The molecule has 0 atom stereocenters. The van der Waals surface area contributed by atoms with E-state index in [0.717, 1.165) is 57.0 Å². The van der Waals surface area contributed by atoms with Crippen LogP contribution in [-0.2, 0) is 26.5 Å². The lowest BCUT2D eigenvalue weighted by Crippen LogP contribution is -2.31. The van der Waals surface area contributed by atoms with Gasteiger partial charge in [-0.25, -0.2) is 16.8 Å². The van der Waals surface area contributed by atoms with Gasteiger partial charge in [-0.3, -0.25) is 14.3 Å². The van der Waals surface area contributed by atoms with Crippen molar-refractivity contribution >= 4 is 31.4 Å². The van der Waals surface area contributed by atoms with Gasteiger partial charge in [0.05, 0.1) is 12.5 Å². The lowest BCUT2D eigenvalue weighted by Gasteiger charge is -2.22. The number of hydrogen-bond donors (Lipinski definition) is 3. The van der Waals surface area contributed by atoms with E-state index in [4.69, 9.17) is 10.5 Å². The molecular weight excluding hydrogens is 464 g/mol. The van der Waals surface area contributed by atoms with Gasteiger partial charge in [0, 0.05) is 24.5 Å². The zero-order valence-corrected chi connectivity index (χ0v) is 20.8. The number of unbranched alkanes of at least 4 members (excludes halogenated alkanes) is 1. The van der Waals surface area contributed by atoms with Crippen LogP contribution >= 0.6 is 0 Å². The number of ether oxygens (including phenoxy) is 1. The molecule has 33 heavy (non-hydrogen) atoms. The Labute approximate surface area is 197 Å². The molecule has 2 aromatic rings. The lowest BCUT2D eigenvalue weighted by atomic mass is 10.1. The first-order valence-electron chi connectivity index (χ1n) is 10.7. The summed E-state index contributed by atoms with van der Waals surface area (Å²) in [6.45, 7) is 3.64. The summed E-state index contributed by atoms with van der Waals surface area (Å²) in [5.41, 5.74) is 7.79. The molecule has 184 valence electrons. The Bertz CT molecular complexity index is 1060. The number of rotatable bonds is 15. The molecule has 0 aliphatic rings. The Morgan fingerprint density at radius 3 is 1.85 bits per heavy atom. The Kier molecular flexibility index (Phi) is 10.4. The standard InChI is InChI=1S/C22H34N4O5S2/c1-32(27,28)24-20-7-5-19(6-8-20)13-16-26(15-4-3-14-23)17-18-31-22-11-9-21(10-12-22)25-33(2,29)30/h5-12,24-25H,3-4,13-18,23H2,1-2H3. The summed E-state index contributed by atoms with van der Waals surface area (Å²) in [6.07, 6.45) is 5.02. The predicted molar refractivity (Wildman–Crippen MR) is 134 cm³/mol. The van der Waals surface area contributed by atoms with E-state index >= 15 is 0 Å². The molecular formula is C22H34N4O5S2. The van der Waals surface area contributed by atoms with Gasteiger partial charge >= 0.3 is 0 Å². The van der Waals surface area contributed by atoms with Gasteiger partial charge < -0.3 is 10.5 Å². The van der Waals surface area contributed by atoms with Crippen LogP contribution in [0.25, 0.3) is 0 Å². The topological polar surface area (TPSA) is 131 Å². The molecule has 0 fully saturated rings. The highest BCUT2D eigenvalue weighted by molar-refractivity contribution is 7.92. The average molecular weight is 499 g/mol. The predicted octanol–water partition coefficient (Wildman–Crippen LogP) is 2.09. The summed E-state index contributed by atoms with van der Waals surface area (Å²) in [7, 11) is -6.59. The number of benzene rings is 2. The van der Waals surface area contributed by atoms with Crippen LogP contribution in [0, 0.1) is 0 Å². The molecule has 0 bridgehead atoms. The highest BCUT2D eigenvalue weighted by Crippen LogP contribution is 2.17. The number of hydrogen-bond acceptors (Lipinski definition) is 7. The normalized spacial score (nSPS) is 12.0. The number of sulfonamides is 2. The molecule has 0 unspecified atom stereocenters. The van der Waals surface area contributed by atoms with Crippen LogP contribution < -0.4 is 19.9 Å². The molecule has 2 aromatic carbocycles. The SMILES string of the molecule is CS(=O)(=O)Nc1ccc(CCN(CCCCN)CCOc2ccc(NS(C)(=O)=O)cc2)cc1. The second kappa shape index (κ2) is 12.8. The Morgan fingerprint density at radius 1 is 0.788 bits per heavy atom. The van der Waals surface area contributed by atoms with Crippen molar-refractivity contribution in [2.24, 2.45) is 5.73 Å². The highest BCUT2D eigenvalue weighted by atomic mass is 32.2. The van der Waals surface area contributed by atoms with Crippen molar-refractivity contribution in [3.05, 3.63) is 54.1 Å². The number of nitrogens with zero attached hydrogens (tertiary/aromatic N) is 1. The van der Waals surface area contributed by atoms with Gasteiger partial charge in [0.25, 0.3) is 0 Å². The molecule has 11 heteroatoms. The number of nitrogens with two attached hydrogens (primary N) is 1. The minimum atomic E-state index is -3.31. The molecule has 4 N–H and O–H groups in total. The fraction of sp³-hybridized carbons (Fsp3) is 0.455. The highest BCUT2D eigenvalue weighted by Gasteiger charge is 2.08. The van der Waals surface area contributed by atoms with E-state index in [9.17, 15) is 16.8 Å². The van der Waals surface area contributed by atoms with Crippen LogP contribution in [0.3, 0.4) is 0 Å². The number of anilines is 2. The lowest BCUT2D eigenvalue weighted by molar-refractivity contribution is 0.207. The summed E-state index contributed by atoms with van der Waals surface area (Å²) in [4.78, 5) is 2.32. The van der Waals surface area contributed by atoms with Crippen LogP contribution in [0.1, 0.15) is 18.4 Å². The van der Waals surface area contributed by atoms with Gasteiger partial charge in [-0.05, 0) is 74.3 Å². The van der Waals surface area contributed by atoms with Gasteiger partial charge in [0.2, 0.25) is 20.0 Å². The molecule has 0 aromatic heterocycles. The molecule has 0 aliphatic heterocycles.